The molecule has 0 aliphatic heterocycles. The standard InChI is InChI=1S/C21H26ClN3O3/c1-5-23-21(25-17-12-16(17)13-7-6-8-14(22)9-13)24-15-10-18(26-2)20(28-4)19(11-15)27-3/h6-11,16-17H,5,12H2,1-4H3,(H2,23,24,25). The molecule has 3 rings (SSSR count). The number of nitrogens with one attached hydrogen (secondary N) is 2. The highest BCUT2D eigenvalue weighted by Crippen LogP contribution is 2.42. The Labute approximate surface area is 170 Å². The zero-order valence-corrected chi connectivity index (χ0v) is 17.3. The zero-order valence-electron chi connectivity index (χ0n) is 16.6. The fraction of sp³-hybridized carbons (Fsp3) is 0.381. The van der Waals surface area contributed by atoms with Crippen molar-refractivity contribution in [2.75, 3.05) is 33.2 Å². The number of rotatable bonds is 7. The molecule has 28 heavy (non-hydrogen) atoms. The van der Waals surface area contributed by atoms with Gasteiger partial charge in [-0.2, -0.15) is 0 Å². The van der Waals surface area contributed by atoms with Crippen molar-refractivity contribution < 1.29 is 14.2 Å². The van der Waals surface area contributed by atoms with Crippen LogP contribution in [0.1, 0.15) is 24.8 Å². The van der Waals surface area contributed by atoms with E-state index in [1.54, 1.807) is 21.3 Å². The maximum atomic E-state index is 6.12. The summed E-state index contributed by atoms with van der Waals surface area (Å²) in [6, 6.07) is 12.1. The van der Waals surface area contributed by atoms with Crippen LogP contribution in [0.5, 0.6) is 17.2 Å². The molecule has 0 aromatic heterocycles. The minimum Gasteiger partial charge on any atom is -0.493 e. The molecule has 0 heterocycles. The number of aliphatic imine (C=N–C) groups is 1. The van der Waals surface area contributed by atoms with Gasteiger partial charge >= 0.3 is 0 Å². The fourth-order valence-electron chi connectivity index (χ4n) is 3.21. The fourth-order valence-corrected chi connectivity index (χ4v) is 3.40. The number of ether oxygens (including phenoxy) is 3. The van der Waals surface area contributed by atoms with Gasteiger partial charge in [0.25, 0.3) is 0 Å². The van der Waals surface area contributed by atoms with Crippen LogP contribution in [-0.2, 0) is 0 Å². The van der Waals surface area contributed by atoms with Gasteiger partial charge in [0.2, 0.25) is 5.75 Å². The predicted octanol–water partition coefficient (Wildman–Crippen LogP) is 4.30. The van der Waals surface area contributed by atoms with Crippen LogP contribution in [0.4, 0.5) is 5.69 Å². The molecule has 150 valence electrons. The highest BCUT2D eigenvalue weighted by Gasteiger charge is 2.39. The van der Waals surface area contributed by atoms with Gasteiger partial charge in [-0.05, 0) is 31.0 Å². The smallest absolute Gasteiger partial charge is 0.203 e. The van der Waals surface area contributed by atoms with Gasteiger partial charge in [-0.1, -0.05) is 23.7 Å². The third kappa shape index (κ3) is 4.62. The molecule has 0 radical (unpaired) electrons. The molecule has 0 amide bonds. The van der Waals surface area contributed by atoms with Gasteiger partial charge in [0.05, 0.1) is 21.3 Å². The summed E-state index contributed by atoms with van der Waals surface area (Å²) in [7, 11) is 4.78. The van der Waals surface area contributed by atoms with Crippen molar-refractivity contribution in [3.8, 4) is 17.2 Å². The maximum Gasteiger partial charge on any atom is 0.203 e. The monoisotopic (exact) mass is 403 g/mol. The third-order valence-corrected chi connectivity index (χ3v) is 4.87. The highest BCUT2D eigenvalue weighted by molar-refractivity contribution is 6.30. The van der Waals surface area contributed by atoms with Gasteiger partial charge in [-0.3, -0.25) is 4.99 Å². The van der Waals surface area contributed by atoms with Crippen LogP contribution < -0.4 is 24.8 Å². The SMILES string of the molecule is CCN=C(Nc1cc(OC)c(OC)c(OC)c1)NC1CC1c1cccc(Cl)c1. The average molecular weight is 404 g/mol. The van der Waals surface area contributed by atoms with E-state index in [-0.39, 0.29) is 0 Å². The second kappa shape index (κ2) is 9.06. The molecule has 0 bridgehead atoms. The van der Waals surface area contributed by atoms with Crippen molar-refractivity contribution >= 4 is 23.2 Å². The number of hydrogen-bond acceptors (Lipinski definition) is 4. The number of methoxy groups -OCH3 is 3. The number of hydrogen-bond donors (Lipinski definition) is 2. The number of anilines is 1. The molecule has 7 heteroatoms. The molecule has 2 aromatic carbocycles. The average Bonchev–Trinajstić information content (AvgIpc) is 3.46. The molecule has 2 N–H and O–H groups in total. The van der Waals surface area contributed by atoms with Gasteiger partial charge in [-0.15, -0.1) is 0 Å². The van der Waals surface area contributed by atoms with Crippen molar-refractivity contribution in [1.29, 1.82) is 0 Å². The Morgan fingerprint density at radius 3 is 2.39 bits per heavy atom. The van der Waals surface area contributed by atoms with E-state index in [4.69, 9.17) is 25.8 Å². The van der Waals surface area contributed by atoms with Gasteiger partial charge in [-0.25, -0.2) is 0 Å². The summed E-state index contributed by atoms with van der Waals surface area (Å²) in [4.78, 5) is 4.55. The van der Waals surface area contributed by atoms with E-state index in [2.05, 4.69) is 21.7 Å². The minimum absolute atomic E-state index is 0.318. The predicted molar refractivity (Wildman–Crippen MR) is 113 cm³/mol. The molecule has 1 aliphatic carbocycles. The van der Waals surface area contributed by atoms with Crippen LogP contribution in [0.15, 0.2) is 41.4 Å². The van der Waals surface area contributed by atoms with Crippen molar-refractivity contribution in [3.05, 3.63) is 47.0 Å². The minimum atomic E-state index is 0.318. The van der Waals surface area contributed by atoms with E-state index in [0.29, 0.717) is 41.7 Å². The molecule has 2 unspecified atom stereocenters. The zero-order chi connectivity index (χ0) is 20.1. The first kappa shape index (κ1) is 20.1. The second-order valence-electron chi connectivity index (χ2n) is 6.51. The summed E-state index contributed by atoms with van der Waals surface area (Å²) < 4.78 is 16.2. The normalized spacial score (nSPS) is 18.4. The van der Waals surface area contributed by atoms with Gasteiger partial charge in [0, 0.05) is 41.3 Å². The molecular weight excluding hydrogens is 378 g/mol. The first-order valence-electron chi connectivity index (χ1n) is 9.23. The topological polar surface area (TPSA) is 64.1 Å². The Morgan fingerprint density at radius 1 is 1.11 bits per heavy atom. The summed E-state index contributed by atoms with van der Waals surface area (Å²) in [6.07, 6.45) is 1.04. The van der Waals surface area contributed by atoms with Crippen LogP contribution in [-0.4, -0.2) is 39.9 Å². The van der Waals surface area contributed by atoms with E-state index in [1.165, 1.54) is 5.56 Å². The number of halogens is 1. The Morgan fingerprint density at radius 2 is 1.82 bits per heavy atom. The Balaban J connectivity index is 1.73. The molecule has 0 saturated heterocycles. The van der Waals surface area contributed by atoms with Crippen molar-refractivity contribution in [3.63, 3.8) is 0 Å². The van der Waals surface area contributed by atoms with Crippen molar-refractivity contribution in [2.24, 2.45) is 4.99 Å². The highest BCUT2D eigenvalue weighted by atomic mass is 35.5. The van der Waals surface area contributed by atoms with E-state index in [9.17, 15) is 0 Å². The van der Waals surface area contributed by atoms with Crippen LogP contribution in [0.3, 0.4) is 0 Å². The first-order valence-corrected chi connectivity index (χ1v) is 9.60. The van der Waals surface area contributed by atoms with Crippen LogP contribution in [0.25, 0.3) is 0 Å². The van der Waals surface area contributed by atoms with E-state index < -0.39 is 0 Å². The summed E-state index contributed by atoms with van der Waals surface area (Å²) in [5.41, 5.74) is 2.04. The number of nitrogens with zero attached hydrogens (tertiary/aromatic N) is 1. The molecular formula is C21H26ClN3O3. The van der Waals surface area contributed by atoms with Gasteiger partial charge in [0.1, 0.15) is 0 Å². The summed E-state index contributed by atoms with van der Waals surface area (Å²) >= 11 is 6.12. The molecule has 1 fully saturated rings. The molecule has 6 nitrogen and oxygen atoms in total. The molecule has 1 saturated carbocycles. The molecule has 2 atom stereocenters. The summed E-state index contributed by atoms with van der Waals surface area (Å²) in [5.74, 6) is 2.88. The van der Waals surface area contributed by atoms with E-state index >= 15 is 0 Å². The Kier molecular flexibility index (Phi) is 6.52. The van der Waals surface area contributed by atoms with Gasteiger partial charge < -0.3 is 24.8 Å². The Bertz CT molecular complexity index is 832. The third-order valence-electron chi connectivity index (χ3n) is 4.63. The lowest BCUT2D eigenvalue weighted by Gasteiger charge is -2.17. The van der Waals surface area contributed by atoms with E-state index in [0.717, 1.165) is 17.1 Å². The summed E-state index contributed by atoms with van der Waals surface area (Å²) in [6.45, 7) is 2.66. The second-order valence-corrected chi connectivity index (χ2v) is 6.95. The lowest BCUT2D eigenvalue weighted by molar-refractivity contribution is 0.324. The van der Waals surface area contributed by atoms with Gasteiger partial charge in [0.15, 0.2) is 17.5 Å². The quantitative estimate of drug-likeness (QED) is 0.533. The Hall–Kier alpha value is -2.60. The summed E-state index contributed by atoms with van der Waals surface area (Å²) in [5, 5.41) is 7.59. The lowest BCUT2D eigenvalue weighted by atomic mass is 10.1. The number of benzene rings is 2. The maximum absolute atomic E-state index is 6.12. The number of guanidine groups is 1. The molecule has 1 aliphatic rings. The lowest BCUT2D eigenvalue weighted by Crippen LogP contribution is -2.33. The van der Waals surface area contributed by atoms with Crippen LogP contribution in [0, 0.1) is 0 Å². The van der Waals surface area contributed by atoms with E-state index in [1.807, 2.05) is 37.3 Å². The molecule has 2 aromatic rings. The van der Waals surface area contributed by atoms with Crippen LogP contribution in [0.2, 0.25) is 5.02 Å². The first-order chi connectivity index (χ1) is 13.6. The van der Waals surface area contributed by atoms with Crippen molar-refractivity contribution in [2.45, 2.75) is 25.3 Å². The van der Waals surface area contributed by atoms with Crippen molar-refractivity contribution in [1.82, 2.24) is 5.32 Å². The van der Waals surface area contributed by atoms with Crippen LogP contribution >= 0.6 is 11.6 Å². The largest absolute Gasteiger partial charge is 0.493 e. The molecule has 0 spiro atoms.